The monoisotopic (exact) mass is 409 g/mol. The first-order valence-electron chi connectivity index (χ1n) is 9.26. The normalized spacial score (nSPS) is 11.7. The highest BCUT2D eigenvalue weighted by Gasteiger charge is 2.20. The first-order chi connectivity index (χ1) is 13.8. The van der Waals surface area contributed by atoms with Crippen molar-refractivity contribution in [3.8, 4) is 10.6 Å². The lowest BCUT2D eigenvalue weighted by atomic mass is 10.0. The average Bonchev–Trinajstić information content (AvgIpc) is 3.13. The predicted octanol–water partition coefficient (Wildman–Crippen LogP) is 4.24. The fourth-order valence-electron chi connectivity index (χ4n) is 3.05. The van der Waals surface area contributed by atoms with Gasteiger partial charge in [0.05, 0.1) is 12.1 Å². The largest absolute Gasteiger partial charge is 0.452 e. The van der Waals surface area contributed by atoms with Gasteiger partial charge in [0, 0.05) is 29.0 Å². The summed E-state index contributed by atoms with van der Waals surface area (Å²) in [5.41, 5.74) is 5.33. The number of aromatic nitrogens is 2. The Bertz CT molecular complexity index is 1010. The number of rotatable bonds is 6. The fraction of sp³-hybridized carbons (Fsp3) is 0.273. The van der Waals surface area contributed by atoms with Crippen LogP contribution >= 0.6 is 11.3 Å². The van der Waals surface area contributed by atoms with Crippen molar-refractivity contribution < 1.29 is 14.3 Å². The molecule has 0 spiro atoms. The molecule has 3 rings (SSSR count). The molecule has 0 bridgehead atoms. The highest BCUT2D eigenvalue weighted by molar-refractivity contribution is 7.13. The number of thiazole rings is 1. The van der Waals surface area contributed by atoms with Gasteiger partial charge in [-0.05, 0) is 51.0 Å². The first-order valence-corrected chi connectivity index (χ1v) is 10.1. The smallest absolute Gasteiger partial charge is 0.312 e. The zero-order valence-electron chi connectivity index (χ0n) is 16.9. The Morgan fingerprint density at radius 1 is 1.21 bits per heavy atom. The third-order valence-electron chi connectivity index (χ3n) is 4.39. The molecule has 6 nitrogen and oxygen atoms in total. The fourth-order valence-corrected chi connectivity index (χ4v) is 3.86. The van der Waals surface area contributed by atoms with Gasteiger partial charge in [0.25, 0.3) is 5.91 Å². The van der Waals surface area contributed by atoms with E-state index in [0.29, 0.717) is 5.69 Å². The minimum absolute atomic E-state index is 0.0109. The van der Waals surface area contributed by atoms with E-state index in [1.165, 1.54) is 11.3 Å². The second-order valence-corrected chi connectivity index (χ2v) is 7.82. The van der Waals surface area contributed by atoms with Crippen molar-refractivity contribution in [1.29, 1.82) is 0 Å². The van der Waals surface area contributed by atoms with Crippen LogP contribution in [0.25, 0.3) is 10.6 Å². The maximum absolute atomic E-state index is 12.5. The number of carbonyl (C=O) groups is 2. The van der Waals surface area contributed by atoms with Crippen LogP contribution in [0.5, 0.6) is 0 Å². The molecule has 1 amide bonds. The second-order valence-electron chi connectivity index (χ2n) is 6.96. The Morgan fingerprint density at radius 2 is 1.93 bits per heavy atom. The molecular weight excluding hydrogens is 386 g/mol. The van der Waals surface area contributed by atoms with E-state index in [2.05, 4.69) is 15.3 Å². The van der Waals surface area contributed by atoms with E-state index < -0.39 is 12.1 Å². The summed E-state index contributed by atoms with van der Waals surface area (Å²) in [6.45, 7) is 7.45. The lowest BCUT2D eigenvalue weighted by molar-refractivity contribution is -0.152. The number of esters is 1. The van der Waals surface area contributed by atoms with Crippen LogP contribution in [0.15, 0.2) is 42.0 Å². The van der Waals surface area contributed by atoms with E-state index in [0.717, 1.165) is 32.9 Å². The zero-order chi connectivity index (χ0) is 21.0. The number of anilines is 1. The molecule has 0 aliphatic rings. The van der Waals surface area contributed by atoms with Gasteiger partial charge in [-0.25, -0.2) is 4.98 Å². The van der Waals surface area contributed by atoms with Crippen LogP contribution < -0.4 is 5.32 Å². The maximum Gasteiger partial charge on any atom is 0.312 e. The van der Waals surface area contributed by atoms with Gasteiger partial charge in [-0.2, -0.15) is 0 Å². The summed E-state index contributed by atoms with van der Waals surface area (Å²) < 4.78 is 5.31. The third-order valence-corrected chi connectivity index (χ3v) is 5.33. The quantitative estimate of drug-likeness (QED) is 0.616. The standard InChI is InChI=1S/C22H23N3O3S/c1-13-8-14(2)20(15(3)9-13)25-21(27)16(4)28-19(26)10-18-12-29-22(24-18)17-6-5-7-23-11-17/h5-9,11-12,16H,10H2,1-4H3,(H,25,27)/t16-/m1/s1. The number of ether oxygens (including phenoxy) is 1. The molecule has 0 aliphatic carbocycles. The number of hydrogen-bond donors (Lipinski definition) is 1. The SMILES string of the molecule is Cc1cc(C)c(NC(=O)[C@@H](C)OC(=O)Cc2csc(-c3cccnc3)n2)c(C)c1. The number of amides is 1. The van der Waals surface area contributed by atoms with Gasteiger partial charge >= 0.3 is 5.97 Å². The van der Waals surface area contributed by atoms with Crippen LogP contribution in [0.3, 0.4) is 0 Å². The molecule has 150 valence electrons. The number of carbonyl (C=O) groups excluding carboxylic acids is 2. The van der Waals surface area contributed by atoms with Crippen molar-refractivity contribution in [3.63, 3.8) is 0 Å². The molecule has 0 saturated carbocycles. The van der Waals surface area contributed by atoms with Gasteiger partial charge in [0.2, 0.25) is 0 Å². The summed E-state index contributed by atoms with van der Waals surface area (Å²) in [6.07, 6.45) is 2.53. The van der Waals surface area contributed by atoms with Gasteiger partial charge in [0.15, 0.2) is 6.10 Å². The van der Waals surface area contributed by atoms with E-state index in [9.17, 15) is 9.59 Å². The Labute approximate surface area is 174 Å². The number of pyridine rings is 1. The summed E-state index contributed by atoms with van der Waals surface area (Å²) in [7, 11) is 0. The molecule has 2 heterocycles. The Kier molecular flexibility index (Phi) is 6.39. The molecule has 0 fully saturated rings. The number of benzene rings is 1. The minimum Gasteiger partial charge on any atom is -0.452 e. The average molecular weight is 410 g/mol. The second kappa shape index (κ2) is 8.96. The molecule has 2 aromatic heterocycles. The molecule has 0 saturated heterocycles. The van der Waals surface area contributed by atoms with Gasteiger partial charge in [0.1, 0.15) is 5.01 Å². The Hall–Kier alpha value is -3.06. The zero-order valence-corrected chi connectivity index (χ0v) is 17.7. The van der Waals surface area contributed by atoms with Crippen LogP contribution in [-0.2, 0) is 20.7 Å². The molecule has 1 N–H and O–H groups in total. The molecule has 0 unspecified atom stereocenters. The van der Waals surface area contributed by atoms with E-state index in [1.54, 1.807) is 19.3 Å². The van der Waals surface area contributed by atoms with Crippen molar-refractivity contribution in [2.24, 2.45) is 0 Å². The van der Waals surface area contributed by atoms with Crippen LogP contribution in [0.4, 0.5) is 5.69 Å². The van der Waals surface area contributed by atoms with Crippen molar-refractivity contribution in [3.05, 3.63) is 64.4 Å². The first kappa shape index (κ1) is 20.7. The molecule has 29 heavy (non-hydrogen) atoms. The lowest BCUT2D eigenvalue weighted by Crippen LogP contribution is -2.31. The summed E-state index contributed by atoms with van der Waals surface area (Å²) >= 11 is 1.44. The lowest BCUT2D eigenvalue weighted by Gasteiger charge is -2.16. The number of hydrogen-bond acceptors (Lipinski definition) is 6. The van der Waals surface area contributed by atoms with Gasteiger partial charge < -0.3 is 10.1 Å². The summed E-state index contributed by atoms with van der Waals surface area (Å²) in [4.78, 5) is 33.2. The van der Waals surface area contributed by atoms with Crippen LogP contribution in [0.2, 0.25) is 0 Å². The molecule has 1 atom stereocenters. The van der Waals surface area contributed by atoms with Crippen molar-refractivity contribution in [2.75, 3.05) is 5.32 Å². The molecular formula is C22H23N3O3S. The molecule has 0 aliphatic heterocycles. The van der Waals surface area contributed by atoms with Crippen LogP contribution in [0, 0.1) is 20.8 Å². The minimum atomic E-state index is -0.904. The van der Waals surface area contributed by atoms with Crippen molar-refractivity contribution >= 4 is 28.9 Å². The summed E-state index contributed by atoms with van der Waals surface area (Å²) in [5.74, 6) is -0.851. The number of nitrogens with zero attached hydrogens (tertiary/aromatic N) is 2. The summed E-state index contributed by atoms with van der Waals surface area (Å²) in [6, 6.07) is 7.75. The van der Waals surface area contributed by atoms with Crippen molar-refractivity contribution in [1.82, 2.24) is 9.97 Å². The third kappa shape index (κ3) is 5.26. The summed E-state index contributed by atoms with van der Waals surface area (Å²) in [5, 5.41) is 5.47. The van der Waals surface area contributed by atoms with E-state index in [-0.39, 0.29) is 12.3 Å². The van der Waals surface area contributed by atoms with Crippen LogP contribution in [-0.4, -0.2) is 27.9 Å². The number of aryl methyl sites for hydroxylation is 3. The highest BCUT2D eigenvalue weighted by atomic mass is 32.1. The Morgan fingerprint density at radius 3 is 2.59 bits per heavy atom. The highest BCUT2D eigenvalue weighted by Crippen LogP contribution is 2.24. The van der Waals surface area contributed by atoms with E-state index in [1.807, 2.05) is 50.4 Å². The maximum atomic E-state index is 12.5. The molecule has 3 aromatic rings. The molecule has 1 aromatic carbocycles. The van der Waals surface area contributed by atoms with E-state index in [4.69, 9.17) is 4.74 Å². The van der Waals surface area contributed by atoms with Gasteiger partial charge in [-0.15, -0.1) is 11.3 Å². The Balaban J connectivity index is 1.58. The molecule has 7 heteroatoms. The topological polar surface area (TPSA) is 81.2 Å². The molecule has 0 radical (unpaired) electrons. The predicted molar refractivity (Wildman–Crippen MR) is 114 cm³/mol. The number of nitrogens with one attached hydrogen (secondary N) is 1. The van der Waals surface area contributed by atoms with Gasteiger partial charge in [-0.1, -0.05) is 17.7 Å². The van der Waals surface area contributed by atoms with Crippen LogP contribution in [0.1, 0.15) is 29.3 Å². The van der Waals surface area contributed by atoms with Crippen molar-refractivity contribution in [2.45, 2.75) is 40.2 Å². The van der Waals surface area contributed by atoms with E-state index >= 15 is 0 Å². The van der Waals surface area contributed by atoms with Gasteiger partial charge in [-0.3, -0.25) is 14.6 Å².